The second-order valence-electron chi connectivity index (χ2n) is 4.22. The molecule has 0 atom stereocenters. The Balaban J connectivity index is 2.07. The van der Waals surface area contributed by atoms with E-state index in [9.17, 15) is 4.79 Å². The molecule has 20 heavy (non-hydrogen) atoms. The lowest BCUT2D eigenvalue weighted by Gasteiger charge is -2.09. The molecule has 5 N–H and O–H groups in total. The van der Waals surface area contributed by atoms with Gasteiger partial charge in [0.25, 0.3) is 0 Å². The van der Waals surface area contributed by atoms with Gasteiger partial charge in [0, 0.05) is 18.3 Å². The Kier molecular flexibility index (Phi) is 4.05. The number of pyridine rings is 1. The van der Waals surface area contributed by atoms with Crippen LogP contribution in [0.4, 0.5) is 11.5 Å². The minimum atomic E-state index is -0.482. The van der Waals surface area contributed by atoms with Gasteiger partial charge in [-0.15, -0.1) is 0 Å². The van der Waals surface area contributed by atoms with Crippen molar-refractivity contribution >= 4 is 17.4 Å². The first kappa shape index (κ1) is 13.7. The highest BCUT2D eigenvalue weighted by molar-refractivity contribution is 5.93. The summed E-state index contributed by atoms with van der Waals surface area (Å²) in [6.45, 7) is 0.531. The van der Waals surface area contributed by atoms with E-state index in [0.717, 1.165) is 5.56 Å². The van der Waals surface area contributed by atoms with Crippen molar-refractivity contribution in [3.05, 3.63) is 47.7 Å². The number of nitrogen functional groups attached to an aromatic ring is 1. The molecule has 0 saturated heterocycles. The number of amides is 1. The van der Waals surface area contributed by atoms with E-state index in [2.05, 4.69) is 10.3 Å². The maximum absolute atomic E-state index is 11.1. The number of benzene rings is 1. The van der Waals surface area contributed by atoms with Crippen molar-refractivity contribution in [2.24, 2.45) is 5.73 Å². The summed E-state index contributed by atoms with van der Waals surface area (Å²) in [5, 5.41) is 3.11. The first-order valence-corrected chi connectivity index (χ1v) is 6.02. The molecule has 0 aliphatic rings. The Morgan fingerprint density at radius 2 is 2.15 bits per heavy atom. The van der Waals surface area contributed by atoms with Crippen LogP contribution in [0.2, 0.25) is 0 Å². The lowest BCUT2D eigenvalue weighted by atomic mass is 10.2. The number of nitrogens with one attached hydrogen (secondary N) is 1. The molecule has 0 unspecified atom stereocenters. The van der Waals surface area contributed by atoms with Crippen molar-refractivity contribution in [1.29, 1.82) is 0 Å². The van der Waals surface area contributed by atoms with E-state index in [1.165, 1.54) is 6.20 Å². The average molecular weight is 272 g/mol. The summed E-state index contributed by atoms with van der Waals surface area (Å²) in [6, 6.07) is 8.71. The van der Waals surface area contributed by atoms with E-state index in [0.29, 0.717) is 29.4 Å². The summed E-state index contributed by atoms with van der Waals surface area (Å²) >= 11 is 0. The number of aromatic nitrogens is 1. The first-order chi connectivity index (χ1) is 9.60. The normalized spacial score (nSPS) is 10.1. The fourth-order valence-corrected chi connectivity index (χ4v) is 1.77. The lowest BCUT2D eigenvalue weighted by molar-refractivity contribution is 0.1000. The van der Waals surface area contributed by atoms with Crippen molar-refractivity contribution in [1.82, 2.24) is 4.98 Å². The molecular weight excluding hydrogens is 256 g/mol. The third-order valence-corrected chi connectivity index (χ3v) is 2.81. The van der Waals surface area contributed by atoms with Gasteiger partial charge < -0.3 is 21.5 Å². The first-order valence-electron chi connectivity index (χ1n) is 6.02. The van der Waals surface area contributed by atoms with E-state index in [4.69, 9.17) is 16.2 Å². The van der Waals surface area contributed by atoms with Crippen LogP contribution in [-0.4, -0.2) is 18.0 Å². The van der Waals surface area contributed by atoms with Crippen LogP contribution in [0.3, 0.4) is 0 Å². The number of anilines is 2. The van der Waals surface area contributed by atoms with Gasteiger partial charge in [0.2, 0.25) is 5.91 Å². The second-order valence-corrected chi connectivity index (χ2v) is 4.22. The zero-order chi connectivity index (χ0) is 14.5. The standard InChI is InChI=1S/C14H16N4O2/c1-20-12-3-2-9(6-11(12)15)8-18-13-7-10(14(16)19)4-5-17-13/h2-7H,8,15H2,1H3,(H2,16,19)(H,17,18). The van der Waals surface area contributed by atoms with Gasteiger partial charge in [-0.3, -0.25) is 4.79 Å². The van der Waals surface area contributed by atoms with Gasteiger partial charge in [-0.25, -0.2) is 4.98 Å². The molecular formula is C14H16N4O2. The number of primary amides is 1. The number of methoxy groups -OCH3 is 1. The van der Waals surface area contributed by atoms with E-state index in [-0.39, 0.29) is 0 Å². The molecule has 0 bridgehead atoms. The van der Waals surface area contributed by atoms with Gasteiger partial charge in [-0.05, 0) is 29.8 Å². The highest BCUT2D eigenvalue weighted by Gasteiger charge is 2.04. The van der Waals surface area contributed by atoms with E-state index >= 15 is 0 Å². The van der Waals surface area contributed by atoms with Crippen LogP contribution in [0, 0.1) is 0 Å². The van der Waals surface area contributed by atoms with E-state index in [1.54, 1.807) is 25.3 Å². The highest BCUT2D eigenvalue weighted by atomic mass is 16.5. The maximum atomic E-state index is 11.1. The summed E-state index contributed by atoms with van der Waals surface area (Å²) in [4.78, 5) is 15.2. The number of carbonyl (C=O) groups excluding carboxylic acids is 1. The zero-order valence-corrected chi connectivity index (χ0v) is 11.1. The molecule has 1 amide bonds. The molecule has 104 valence electrons. The van der Waals surface area contributed by atoms with Crippen molar-refractivity contribution in [2.45, 2.75) is 6.54 Å². The molecule has 1 heterocycles. The molecule has 1 aromatic carbocycles. The van der Waals surface area contributed by atoms with E-state index in [1.807, 2.05) is 12.1 Å². The number of rotatable bonds is 5. The molecule has 2 aromatic rings. The summed E-state index contributed by atoms with van der Waals surface area (Å²) < 4.78 is 5.10. The van der Waals surface area contributed by atoms with Gasteiger partial charge in [0.1, 0.15) is 11.6 Å². The number of nitrogens with two attached hydrogens (primary N) is 2. The van der Waals surface area contributed by atoms with Crippen LogP contribution in [0.15, 0.2) is 36.5 Å². The number of ether oxygens (including phenoxy) is 1. The van der Waals surface area contributed by atoms with Gasteiger partial charge in [-0.1, -0.05) is 6.07 Å². The molecule has 0 fully saturated rings. The molecule has 0 radical (unpaired) electrons. The minimum absolute atomic E-state index is 0.414. The maximum Gasteiger partial charge on any atom is 0.248 e. The third kappa shape index (κ3) is 3.17. The quantitative estimate of drug-likeness (QED) is 0.713. The van der Waals surface area contributed by atoms with Crippen molar-refractivity contribution in [2.75, 3.05) is 18.2 Å². The van der Waals surface area contributed by atoms with Crippen LogP contribution >= 0.6 is 0 Å². The Bertz CT molecular complexity index is 628. The summed E-state index contributed by atoms with van der Waals surface area (Å²) in [7, 11) is 1.57. The Morgan fingerprint density at radius 3 is 2.80 bits per heavy atom. The molecule has 0 aliphatic heterocycles. The Hall–Kier alpha value is -2.76. The van der Waals surface area contributed by atoms with E-state index < -0.39 is 5.91 Å². The summed E-state index contributed by atoms with van der Waals surface area (Å²) in [5.74, 6) is 0.738. The predicted octanol–water partition coefficient (Wildman–Crippen LogP) is 1.38. The average Bonchev–Trinajstić information content (AvgIpc) is 2.45. The fourth-order valence-electron chi connectivity index (χ4n) is 1.77. The van der Waals surface area contributed by atoms with Gasteiger partial charge in [0.15, 0.2) is 0 Å². The van der Waals surface area contributed by atoms with Crippen LogP contribution in [0.5, 0.6) is 5.75 Å². The Labute approximate surface area is 116 Å². The van der Waals surface area contributed by atoms with Crippen LogP contribution in [0.1, 0.15) is 15.9 Å². The SMILES string of the molecule is COc1ccc(CNc2cc(C(N)=O)ccn2)cc1N. The lowest BCUT2D eigenvalue weighted by Crippen LogP contribution is -2.12. The van der Waals surface area contributed by atoms with Gasteiger partial charge in [-0.2, -0.15) is 0 Å². The van der Waals surface area contributed by atoms with Crippen molar-refractivity contribution < 1.29 is 9.53 Å². The molecule has 6 nitrogen and oxygen atoms in total. The van der Waals surface area contributed by atoms with Crippen LogP contribution < -0.4 is 21.5 Å². The topological polar surface area (TPSA) is 103 Å². The molecule has 2 rings (SSSR count). The summed E-state index contributed by atoms with van der Waals surface area (Å²) in [6.07, 6.45) is 1.53. The fraction of sp³-hybridized carbons (Fsp3) is 0.143. The smallest absolute Gasteiger partial charge is 0.248 e. The summed E-state index contributed by atoms with van der Waals surface area (Å²) in [5.41, 5.74) is 13.0. The molecule has 6 heteroatoms. The van der Waals surface area contributed by atoms with Gasteiger partial charge in [0.05, 0.1) is 12.8 Å². The second kappa shape index (κ2) is 5.92. The monoisotopic (exact) mass is 272 g/mol. The molecule has 0 aliphatic carbocycles. The Morgan fingerprint density at radius 1 is 1.35 bits per heavy atom. The van der Waals surface area contributed by atoms with Gasteiger partial charge >= 0.3 is 0 Å². The largest absolute Gasteiger partial charge is 0.495 e. The van der Waals surface area contributed by atoms with Crippen LogP contribution in [-0.2, 0) is 6.54 Å². The number of carbonyl (C=O) groups is 1. The number of nitrogens with zero attached hydrogens (tertiary/aromatic N) is 1. The molecule has 0 spiro atoms. The van der Waals surface area contributed by atoms with Crippen molar-refractivity contribution in [3.63, 3.8) is 0 Å². The predicted molar refractivity (Wildman–Crippen MR) is 77.5 cm³/mol. The zero-order valence-electron chi connectivity index (χ0n) is 11.1. The third-order valence-electron chi connectivity index (χ3n) is 2.81. The molecule has 1 aromatic heterocycles. The van der Waals surface area contributed by atoms with Crippen LogP contribution in [0.25, 0.3) is 0 Å². The van der Waals surface area contributed by atoms with Crippen molar-refractivity contribution in [3.8, 4) is 5.75 Å². The number of hydrogen-bond donors (Lipinski definition) is 3. The minimum Gasteiger partial charge on any atom is -0.495 e. The molecule has 0 saturated carbocycles. The number of hydrogen-bond acceptors (Lipinski definition) is 5. The highest BCUT2D eigenvalue weighted by Crippen LogP contribution is 2.22.